The Hall–Kier alpha value is -1.96. The Morgan fingerprint density at radius 3 is 1.80 bits per heavy atom. The topological polar surface area (TPSA) is 97.9 Å². The van der Waals surface area contributed by atoms with Crippen LogP contribution < -0.4 is 5.32 Å². The number of para-hydroxylation sites is 2. The molecule has 3 rings (SSSR count). The molecular weight excluding hydrogens is 320 g/mol. The average molecular weight is 344 g/mol. The van der Waals surface area contributed by atoms with Crippen molar-refractivity contribution in [2.24, 2.45) is 0 Å². The van der Waals surface area contributed by atoms with Crippen LogP contribution >= 0.6 is 0 Å². The maximum absolute atomic E-state index is 10.5. The van der Waals surface area contributed by atoms with Crippen LogP contribution in [0.4, 0.5) is 0 Å². The van der Waals surface area contributed by atoms with E-state index in [-0.39, 0.29) is 6.54 Å². The highest BCUT2D eigenvalue weighted by Crippen LogP contribution is 2.28. The van der Waals surface area contributed by atoms with Gasteiger partial charge >= 0.3 is 0 Å². The van der Waals surface area contributed by atoms with Crippen molar-refractivity contribution >= 4 is 21.8 Å². The molecule has 6 heteroatoms. The molecule has 0 aliphatic heterocycles. The Balaban J connectivity index is 1.84. The molecular formula is C19H24N2O4. The van der Waals surface area contributed by atoms with Crippen LogP contribution in [0.3, 0.4) is 0 Å². The van der Waals surface area contributed by atoms with Gasteiger partial charge in [-0.1, -0.05) is 36.4 Å². The van der Waals surface area contributed by atoms with E-state index in [2.05, 4.69) is 22.0 Å². The summed E-state index contributed by atoms with van der Waals surface area (Å²) in [4.78, 5) is 0. The van der Waals surface area contributed by atoms with Gasteiger partial charge < -0.3 is 30.3 Å². The molecule has 0 spiro atoms. The summed E-state index contributed by atoms with van der Waals surface area (Å²) in [5.74, 6) is 0. The number of benzene rings is 2. The van der Waals surface area contributed by atoms with E-state index in [0.29, 0.717) is 6.54 Å². The van der Waals surface area contributed by atoms with Crippen LogP contribution in [-0.2, 0) is 6.54 Å². The quantitative estimate of drug-likeness (QED) is 0.409. The Bertz CT molecular complexity index is 780. The number of aliphatic hydroxyl groups excluding tert-OH is 4. The average Bonchev–Trinajstić information content (AvgIpc) is 2.98. The summed E-state index contributed by atoms with van der Waals surface area (Å²) in [5.41, 5.74) is 0.892. The van der Waals surface area contributed by atoms with Crippen LogP contribution in [-0.4, -0.2) is 63.0 Å². The van der Waals surface area contributed by atoms with Crippen molar-refractivity contribution in [3.63, 3.8) is 0 Å². The molecule has 2 aromatic carbocycles. The van der Waals surface area contributed by atoms with Crippen molar-refractivity contribution in [3.05, 3.63) is 48.5 Å². The molecule has 0 aliphatic rings. The van der Waals surface area contributed by atoms with Crippen LogP contribution in [0.1, 0.15) is 0 Å². The third kappa shape index (κ3) is 3.40. The van der Waals surface area contributed by atoms with Crippen molar-refractivity contribution in [2.75, 3.05) is 26.4 Å². The highest BCUT2D eigenvalue weighted by Gasteiger charge is 2.28. The van der Waals surface area contributed by atoms with Gasteiger partial charge in [0.25, 0.3) is 0 Å². The fraction of sp³-hybridized carbons (Fsp3) is 0.368. The van der Waals surface area contributed by atoms with Gasteiger partial charge in [0.15, 0.2) is 0 Å². The fourth-order valence-corrected chi connectivity index (χ4v) is 3.13. The summed E-state index contributed by atoms with van der Waals surface area (Å²) >= 11 is 0. The van der Waals surface area contributed by atoms with Crippen molar-refractivity contribution in [1.82, 2.24) is 9.88 Å². The summed E-state index contributed by atoms with van der Waals surface area (Å²) in [7, 11) is 0. The van der Waals surface area contributed by atoms with Crippen LogP contribution in [0.15, 0.2) is 48.5 Å². The van der Waals surface area contributed by atoms with E-state index in [1.807, 2.05) is 36.4 Å². The van der Waals surface area contributed by atoms with Crippen LogP contribution in [0.5, 0.6) is 0 Å². The second kappa shape index (κ2) is 7.51. The number of nitrogens with one attached hydrogen (secondary N) is 1. The van der Waals surface area contributed by atoms with E-state index in [0.717, 1.165) is 21.8 Å². The highest BCUT2D eigenvalue weighted by atomic mass is 16.3. The van der Waals surface area contributed by atoms with Gasteiger partial charge in [0.05, 0.1) is 38.0 Å². The maximum Gasteiger partial charge on any atom is 0.0882 e. The van der Waals surface area contributed by atoms with E-state index in [1.54, 1.807) is 0 Å². The first-order chi connectivity index (χ1) is 12.1. The number of fused-ring (bicyclic) bond motifs is 3. The SMILES string of the molecule is OCC(CO)(CO)NCC(O)Cn1c2ccccc2c2ccccc21. The molecule has 5 N–H and O–H groups in total. The molecule has 25 heavy (non-hydrogen) atoms. The van der Waals surface area contributed by atoms with Crippen LogP contribution in [0, 0.1) is 0 Å². The summed E-state index contributed by atoms with van der Waals surface area (Å²) in [6.07, 6.45) is -0.747. The second-order valence-electron chi connectivity index (χ2n) is 6.43. The molecule has 0 saturated heterocycles. The van der Waals surface area contributed by atoms with Crippen molar-refractivity contribution in [2.45, 2.75) is 18.2 Å². The largest absolute Gasteiger partial charge is 0.394 e. The first-order valence-electron chi connectivity index (χ1n) is 8.36. The van der Waals surface area contributed by atoms with Gasteiger partial charge in [0.1, 0.15) is 0 Å². The summed E-state index contributed by atoms with van der Waals surface area (Å²) in [5, 5.41) is 43.7. The molecule has 0 fully saturated rings. The molecule has 3 aromatic rings. The number of β-amino-alcohol motifs (C(OH)–C–C–N with tert-alkyl or cyclic N) is 1. The minimum atomic E-state index is -1.19. The third-order valence-electron chi connectivity index (χ3n) is 4.69. The van der Waals surface area contributed by atoms with Gasteiger partial charge in [0.2, 0.25) is 0 Å². The molecule has 1 heterocycles. The lowest BCUT2D eigenvalue weighted by Crippen LogP contribution is -2.56. The first-order valence-corrected chi connectivity index (χ1v) is 8.36. The number of rotatable bonds is 8. The number of nitrogens with zero attached hydrogens (tertiary/aromatic N) is 1. The third-order valence-corrected chi connectivity index (χ3v) is 4.69. The Kier molecular flexibility index (Phi) is 5.36. The molecule has 1 atom stereocenters. The van der Waals surface area contributed by atoms with Crippen molar-refractivity contribution < 1.29 is 20.4 Å². The van der Waals surface area contributed by atoms with Crippen molar-refractivity contribution in [1.29, 1.82) is 0 Å². The standard InChI is InChI=1S/C19H24N2O4/c22-11-19(12-23,13-24)20-9-14(25)10-21-17-7-3-1-5-15(17)16-6-2-4-8-18(16)21/h1-8,14,20,22-25H,9-13H2. The van der Waals surface area contributed by atoms with E-state index < -0.39 is 31.5 Å². The lowest BCUT2D eigenvalue weighted by Gasteiger charge is -2.30. The van der Waals surface area contributed by atoms with Crippen LogP contribution in [0.2, 0.25) is 0 Å². The monoisotopic (exact) mass is 344 g/mol. The molecule has 1 unspecified atom stereocenters. The van der Waals surface area contributed by atoms with Crippen molar-refractivity contribution in [3.8, 4) is 0 Å². The minimum Gasteiger partial charge on any atom is -0.394 e. The predicted molar refractivity (Wildman–Crippen MR) is 97.4 cm³/mol. The normalized spacial score (nSPS) is 13.6. The molecule has 0 saturated carbocycles. The summed E-state index contributed by atoms with van der Waals surface area (Å²) in [6, 6.07) is 16.1. The summed E-state index contributed by atoms with van der Waals surface area (Å²) in [6.45, 7) is -0.742. The predicted octanol–water partition coefficient (Wildman–Crippen LogP) is 0.461. The molecule has 0 amide bonds. The molecule has 0 radical (unpaired) electrons. The highest BCUT2D eigenvalue weighted by molar-refractivity contribution is 6.07. The zero-order chi connectivity index (χ0) is 17.9. The van der Waals surface area contributed by atoms with Crippen LogP contribution in [0.25, 0.3) is 21.8 Å². The van der Waals surface area contributed by atoms with E-state index >= 15 is 0 Å². The zero-order valence-corrected chi connectivity index (χ0v) is 14.0. The van der Waals surface area contributed by atoms with Gasteiger partial charge in [-0.05, 0) is 12.1 Å². The number of aliphatic hydroxyl groups is 4. The first kappa shape index (κ1) is 17.8. The van der Waals surface area contributed by atoms with Gasteiger partial charge in [-0.2, -0.15) is 0 Å². The number of hydrogen-bond donors (Lipinski definition) is 5. The second-order valence-corrected chi connectivity index (χ2v) is 6.43. The Labute approximate surface area is 145 Å². The van der Waals surface area contributed by atoms with Gasteiger partial charge in [-0.15, -0.1) is 0 Å². The maximum atomic E-state index is 10.5. The molecule has 1 aromatic heterocycles. The molecule has 134 valence electrons. The minimum absolute atomic E-state index is 0.141. The van der Waals surface area contributed by atoms with Gasteiger partial charge in [-0.25, -0.2) is 0 Å². The van der Waals surface area contributed by atoms with E-state index in [4.69, 9.17) is 0 Å². The van der Waals surface area contributed by atoms with Gasteiger partial charge in [-0.3, -0.25) is 0 Å². The molecule has 0 aliphatic carbocycles. The Morgan fingerprint density at radius 2 is 1.32 bits per heavy atom. The number of aromatic nitrogens is 1. The Morgan fingerprint density at radius 1 is 0.840 bits per heavy atom. The zero-order valence-electron chi connectivity index (χ0n) is 14.0. The van der Waals surface area contributed by atoms with E-state index in [1.165, 1.54) is 0 Å². The lowest BCUT2D eigenvalue weighted by molar-refractivity contribution is 0.0308. The summed E-state index contributed by atoms with van der Waals surface area (Å²) < 4.78 is 2.07. The number of hydrogen-bond acceptors (Lipinski definition) is 5. The van der Waals surface area contributed by atoms with Gasteiger partial charge in [0, 0.05) is 28.4 Å². The smallest absolute Gasteiger partial charge is 0.0882 e. The fourth-order valence-electron chi connectivity index (χ4n) is 3.13. The lowest BCUT2D eigenvalue weighted by atomic mass is 10.0. The molecule has 0 bridgehead atoms. The van der Waals surface area contributed by atoms with E-state index in [9.17, 15) is 20.4 Å². The molecule has 6 nitrogen and oxygen atoms in total.